The summed E-state index contributed by atoms with van der Waals surface area (Å²) in [6.45, 7) is 8.31. The van der Waals surface area contributed by atoms with Gasteiger partial charge in [0.2, 0.25) is 0 Å². The van der Waals surface area contributed by atoms with E-state index >= 15 is 0 Å². The van der Waals surface area contributed by atoms with E-state index in [4.69, 9.17) is 4.74 Å². The van der Waals surface area contributed by atoms with E-state index in [9.17, 15) is 0 Å². The van der Waals surface area contributed by atoms with Gasteiger partial charge in [-0.25, -0.2) is 0 Å². The number of methoxy groups -OCH3 is 1. The molecule has 1 aromatic rings. The summed E-state index contributed by atoms with van der Waals surface area (Å²) in [5, 5.41) is 0.911. The van der Waals surface area contributed by atoms with Crippen LogP contribution in [0.4, 0.5) is 5.69 Å². The molecule has 0 aliphatic carbocycles. The van der Waals surface area contributed by atoms with Crippen molar-refractivity contribution in [3.8, 4) is 0 Å². The Morgan fingerprint density at radius 3 is 2.59 bits per heavy atom. The zero-order valence-corrected chi connectivity index (χ0v) is 12.8. The van der Waals surface area contributed by atoms with Crippen molar-refractivity contribution in [3.63, 3.8) is 0 Å². The average molecular weight is 300 g/mol. The lowest BCUT2D eigenvalue weighted by Crippen LogP contribution is -2.36. The van der Waals surface area contributed by atoms with Crippen molar-refractivity contribution in [1.29, 1.82) is 0 Å². The van der Waals surface area contributed by atoms with E-state index in [1.165, 1.54) is 16.8 Å². The van der Waals surface area contributed by atoms with E-state index in [0.717, 1.165) is 18.5 Å². The second-order valence-corrected chi connectivity index (χ2v) is 4.91. The van der Waals surface area contributed by atoms with Crippen LogP contribution in [-0.2, 0) is 10.1 Å². The van der Waals surface area contributed by atoms with Crippen molar-refractivity contribution in [2.45, 2.75) is 32.1 Å². The summed E-state index contributed by atoms with van der Waals surface area (Å²) in [5.41, 5.74) is 3.95. The molecule has 0 N–H and O–H groups in total. The minimum absolute atomic E-state index is 0.401. The molecular formula is C14H22BrNO. The normalized spacial score (nSPS) is 12.5. The molecule has 0 heterocycles. The van der Waals surface area contributed by atoms with Gasteiger partial charge in [-0.2, -0.15) is 0 Å². The predicted octanol–water partition coefficient (Wildman–Crippen LogP) is 3.75. The molecule has 0 saturated heterocycles. The topological polar surface area (TPSA) is 12.5 Å². The van der Waals surface area contributed by atoms with Crippen LogP contribution in [0.2, 0.25) is 0 Å². The molecule has 0 saturated carbocycles. The number of likely N-dealkylation sites (N-methyl/N-ethyl adjacent to an activating group) is 1. The minimum Gasteiger partial charge on any atom is -0.383 e. The molecule has 0 aromatic heterocycles. The van der Waals surface area contributed by atoms with Gasteiger partial charge in [-0.1, -0.05) is 28.1 Å². The number of hydrogen-bond donors (Lipinski definition) is 0. The Kier molecular flexibility index (Phi) is 6.00. The molecule has 0 fully saturated rings. The molecule has 96 valence electrons. The molecule has 1 rings (SSSR count). The van der Waals surface area contributed by atoms with Crippen molar-refractivity contribution in [3.05, 3.63) is 29.3 Å². The summed E-state index contributed by atoms with van der Waals surface area (Å²) in [4.78, 5) is 2.39. The molecule has 0 aliphatic heterocycles. The third kappa shape index (κ3) is 3.71. The van der Waals surface area contributed by atoms with Gasteiger partial charge >= 0.3 is 0 Å². The highest BCUT2D eigenvalue weighted by molar-refractivity contribution is 9.08. The number of halogens is 1. The van der Waals surface area contributed by atoms with Gasteiger partial charge in [0.25, 0.3) is 0 Å². The van der Waals surface area contributed by atoms with Gasteiger partial charge < -0.3 is 9.64 Å². The molecule has 0 aliphatic rings. The second-order valence-electron chi connectivity index (χ2n) is 4.34. The zero-order chi connectivity index (χ0) is 12.8. The lowest BCUT2D eigenvalue weighted by Gasteiger charge is -2.31. The van der Waals surface area contributed by atoms with Gasteiger partial charge in [-0.15, -0.1) is 0 Å². The van der Waals surface area contributed by atoms with Gasteiger partial charge in [-0.05, 0) is 38.0 Å². The largest absolute Gasteiger partial charge is 0.383 e. The van der Waals surface area contributed by atoms with Crippen LogP contribution < -0.4 is 4.90 Å². The van der Waals surface area contributed by atoms with Crippen molar-refractivity contribution >= 4 is 21.6 Å². The van der Waals surface area contributed by atoms with Crippen LogP contribution >= 0.6 is 15.9 Å². The van der Waals surface area contributed by atoms with Crippen LogP contribution in [0.1, 0.15) is 25.0 Å². The SMILES string of the molecule is CCN(c1ccc(CBr)cc1C)C(C)COC. The molecule has 0 radical (unpaired) electrons. The molecule has 17 heavy (non-hydrogen) atoms. The third-order valence-corrected chi connectivity index (χ3v) is 3.65. The molecule has 0 bridgehead atoms. The Bertz CT molecular complexity index is 354. The zero-order valence-electron chi connectivity index (χ0n) is 11.2. The predicted molar refractivity (Wildman–Crippen MR) is 78.2 cm³/mol. The molecule has 1 unspecified atom stereocenters. The number of hydrogen-bond acceptors (Lipinski definition) is 2. The monoisotopic (exact) mass is 299 g/mol. The third-order valence-electron chi connectivity index (χ3n) is 3.01. The summed E-state index contributed by atoms with van der Waals surface area (Å²) >= 11 is 3.49. The number of aryl methyl sites for hydroxylation is 1. The first-order valence-corrected chi connectivity index (χ1v) is 7.17. The van der Waals surface area contributed by atoms with Crippen LogP contribution in [0.3, 0.4) is 0 Å². The number of anilines is 1. The average Bonchev–Trinajstić information content (AvgIpc) is 2.32. The first-order chi connectivity index (χ1) is 8.13. The summed E-state index contributed by atoms with van der Waals surface area (Å²) in [6, 6.07) is 7.03. The van der Waals surface area contributed by atoms with Gasteiger partial charge in [0.1, 0.15) is 0 Å². The number of alkyl halides is 1. The fourth-order valence-electron chi connectivity index (χ4n) is 2.17. The van der Waals surface area contributed by atoms with Crippen molar-refractivity contribution in [2.24, 2.45) is 0 Å². The maximum atomic E-state index is 5.24. The molecule has 1 atom stereocenters. The molecule has 2 nitrogen and oxygen atoms in total. The van der Waals surface area contributed by atoms with Gasteiger partial charge in [-0.3, -0.25) is 0 Å². The van der Waals surface area contributed by atoms with E-state index in [-0.39, 0.29) is 0 Å². The molecular weight excluding hydrogens is 278 g/mol. The molecule has 1 aromatic carbocycles. The smallest absolute Gasteiger partial charge is 0.0663 e. The maximum Gasteiger partial charge on any atom is 0.0663 e. The second kappa shape index (κ2) is 7.02. The molecule has 3 heteroatoms. The Labute approximate surface area is 113 Å². The highest BCUT2D eigenvalue weighted by atomic mass is 79.9. The Balaban J connectivity index is 2.95. The van der Waals surface area contributed by atoms with Crippen molar-refractivity contribution < 1.29 is 4.74 Å². The van der Waals surface area contributed by atoms with Crippen LogP contribution in [0.5, 0.6) is 0 Å². The number of rotatable bonds is 6. The van der Waals surface area contributed by atoms with E-state index < -0.39 is 0 Å². The first-order valence-electron chi connectivity index (χ1n) is 6.05. The molecule has 0 spiro atoms. The van der Waals surface area contributed by atoms with Crippen molar-refractivity contribution in [1.82, 2.24) is 0 Å². The lowest BCUT2D eigenvalue weighted by molar-refractivity contribution is 0.182. The number of ether oxygens (including phenoxy) is 1. The highest BCUT2D eigenvalue weighted by Gasteiger charge is 2.14. The van der Waals surface area contributed by atoms with E-state index in [1.54, 1.807) is 7.11 Å². The van der Waals surface area contributed by atoms with Gasteiger partial charge in [0.15, 0.2) is 0 Å². The van der Waals surface area contributed by atoms with Crippen LogP contribution in [0.15, 0.2) is 18.2 Å². The maximum absolute atomic E-state index is 5.24. The summed E-state index contributed by atoms with van der Waals surface area (Å²) in [5.74, 6) is 0. The van der Waals surface area contributed by atoms with Gasteiger partial charge in [0.05, 0.1) is 6.61 Å². The fourth-order valence-corrected chi connectivity index (χ4v) is 2.52. The summed E-state index contributed by atoms with van der Waals surface area (Å²) < 4.78 is 5.24. The standard InChI is InChI=1S/C14H22BrNO/c1-5-16(12(3)10-17-4)14-7-6-13(9-15)8-11(14)2/h6-8,12H,5,9-10H2,1-4H3. The van der Waals surface area contributed by atoms with Gasteiger partial charge in [0, 0.05) is 30.7 Å². The molecule has 0 amide bonds. The fraction of sp³-hybridized carbons (Fsp3) is 0.571. The Morgan fingerprint density at radius 1 is 1.41 bits per heavy atom. The number of nitrogens with zero attached hydrogens (tertiary/aromatic N) is 1. The number of benzene rings is 1. The van der Waals surface area contributed by atoms with E-state index in [1.807, 2.05) is 0 Å². The van der Waals surface area contributed by atoms with Crippen LogP contribution in [0.25, 0.3) is 0 Å². The first kappa shape index (κ1) is 14.5. The Hall–Kier alpha value is -0.540. The van der Waals surface area contributed by atoms with E-state index in [2.05, 4.69) is 59.8 Å². The quantitative estimate of drug-likeness (QED) is 0.742. The van der Waals surface area contributed by atoms with Crippen LogP contribution in [-0.4, -0.2) is 26.3 Å². The minimum atomic E-state index is 0.401. The summed E-state index contributed by atoms with van der Waals surface area (Å²) in [7, 11) is 1.76. The summed E-state index contributed by atoms with van der Waals surface area (Å²) in [6.07, 6.45) is 0. The lowest BCUT2D eigenvalue weighted by atomic mass is 10.1. The van der Waals surface area contributed by atoms with E-state index in [0.29, 0.717) is 6.04 Å². The highest BCUT2D eigenvalue weighted by Crippen LogP contribution is 2.24. The van der Waals surface area contributed by atoms with Crippen LogP contribution in [0, 0.1) is 6.92 Å². The Morgan fingerprint density at radius 2 is 2.12 bits per heavy atom. The van der Waals surface area contributed by atoms with Crippen molar-refractivity contribution in [2.75, 3.05) is 25.2 Å².